The van der Waals surface area contributed by atoms with E-state index in [9.17, 15) is 9.59 Å². The van der Waals surface area contributed by atoms with Gasteiger partial charge >= 0.3 is 0 Å². The van der Waals surface area contributed by atoms with Crippen LogP contribution in [0, 0.1) is 20.8 Å². The van der Waals surface area contributed by atoms with Gasteiger partial charge in [-0.1, -0.05) is 24.3 Å². The average Bonchev–Trinajstić information content (AvgIpc) is 2.57. The van der Waals surface area contributed by atoms with E-state index in [0.717, 1.165) is 11.1 Å². The maximum Gasteiger partial charge on any atom is 0.254 e. The highest BCUT2D eigenvalue weighted by atomic mass is 16.1. The molecular formula is C19H21N5O2. The number of nitrogens with zero attached hydrogens (tertiary/aromatic N) is 2. The van der Waals surface area contributed by atoms with Crippen molar-refractivity contribution in [1.82, 2.24) is 19.9 Å². The number of benzene rings is 1. The van der Waals surface area contributed by atoms with Crippen molar-refractivity contribution < 1.29 is 0 Å². The third-order valence-electron chi connectivity index (χ3n) is 4.20. The van der Waals surface area contributed by atoms with Crippen LogP contribution in [-0.4, -0.2) is 19.9 Å². The highest BCUT2D eigenvalue weighted by molar-refractivity contribution is 5.33. The molecule has 0 atom stereocenters. The Kier molecular flexibility index (Phi) is 4.97. The van der Waals surface area contributed by atoms with Gasteiger partial charge in [0.1, 0.15) is 5.82 Å². The van der Waals surface area contributed by atoms with Gasteiger partial charge in [-0.3, -0.25) is 14.6 Å². The number of aromatic nitrogens is 4. The van der Waals surface area contributed by atoms with Gasteiger partial charge in [-0.15, -0.1) is 0 Å². The molecule has 0 saturated heterocycles. The van der Waals surface area contributed by atoms with Crippen LogP contribution in [0.4, 0.5) is 5.95 Å². The van der Waals surface area contributed by atoms with E-state index in [1.54, 1.807) is 13.8 Å². The molecule has 2 heterocycles. The molecule has 0 aliphatic heterocycles. The summed E-state index contributed by atoms with van der Waals surface area (Å²) in [5, 5.41) is 3.14. The summed E-state index contributed by atoms with van der Waals surface area (Å²) >= 11 is 0. The van der Waals surface area contributed by atoms with Crippen LogP contribution in [0.2, 0.25) is 0 Å². The van der Waals surface area contributed by atoms with Crippen LogP contribution in [0.3, 0.4) is 0 Å². The molecule has 1 aromatic carbocycles. The maximum atomic E-state index is 12.2. The minimum absolute atomic E-state index is 0.202. The molecule has 3 rings (SSSR count). The SMILES string of the molecule is Cc1nc(C)c(Cc2cc(=O)[nH]c(NCc3ccccc3C)n2)c(=O)[nH]1. The molecule has 0 bridgehead atoms. The first kappa shape index (κ1) is 17.6. The van der Waals surface area contributed by atoms with Gasteiger partial charge in [0.15, 0.2) is 0 Å². The number of rotatable bonds is 5. The van der Waals surface area contributed by atoms with Gasteiger partial charge < -0.3 is 10.3 Å². The fourth-order valence-corrected chi connectivity index (χ4v) is 2.81. The first-order chi connectivity index (χ1) is 12.4. The molecule has 3 aromatic rings. The molecule has 0 amide bonds. The zero-order valence-corrected chi connectivity index (χ0v) is 15.0. The fraction of sp³-hybridized carbons (Fsp3) is 0.263. The topological polar surface area (TPSA) is 104 Å². The second kappa shape index (κ2) is 7.35. The Morgan fingerprint density at radius 1 is 1.04 bits per heavy atom. The largest absolute Gasteiger partial charge is 0.352 e. The van der Waals surface area contributed by atoms with Crippen molar-refractivity contribution >= 4 is 5.95 Å². The lowest BCUT2D eigenvalue weighted by atomic mass is 10.1. The van der Waals surface area contributed by atoms with Crippen molar-refractivity contribution in [2.75, 3.05) is 5.32 Å². The standard InChI is InChI=1S/C19H21N5O2/c1-11-6-4-5-7-14(11)10-20-19-23-15(9-17(25)24-19)8-16-12(2)21-13(3)22-18(16)26/h4-7,9H,8,10H2,1-3H3,(H,21,22,26)(H2,20,23,24,25). The van der Waals surface area contributed by atoms with Crippen LogP contribution in [0.1, 0.15) is 33.9 Å². The molecule has 7 nitrogen and oxygen atoms in total. The van der Waals surface area contributed by atoms with Gasteiger partial charge in [0.25, 0.3) is 11.1 Å². The highest BCUT2D eigenvalue weighted by Crippen LogP contribution is 2.10. The number of H-pyrrole nitrogens is 2. The third-order valence-corrected chi connectivity index (χ3v) is 4.20. The van der Waals surface area contributed by atoms with E-state index in [1.807, 2.05) is 31.2 Å². The van der Waals surface area contributed by atoms with Gasteiger partial charge in [0.05, 0.1) is 5.69 Å². The van der Waals surface area contributed by atoms with Crippen LogP contribution in [0.5, 0.6) is 0 Å². The Morgan fingerprint density at radius 3 is 2.54 bits per heavy atom. The van der Waals surface area contributed by atoms with Crippen molar-refractivity contribution in [3.05, 3.63) is 84.9 Å². The second-order valence-electron chi connectivity index (χ2n) is 6.26. The molecule has 0 spiro atoms. The lowest BCUT2D eigenvalue weighted by Crippen LogP contribution is -2.20. The summed E-state index contributed by atoms with van der Waals surface area (Å²) in [7, 11) is 0. The molecular weight excluding hydrogens is 330 g/mol. The fourth-order valence-electron chi connectivity index (χ4n) is 2.81. The molecule has 0 radical (unpaired) electrons. The zero-order chi connectivity index (χ0) is 18.7. The normalized spacial score (nSPS) is 10.7. The van der Waals surface area contributed by atoms with Gasteiger partial charge in [0, 0.05) is 30.3 Å². The molecule has 0 unspecified atom stereocenters. The predicted molar refractivity (Wildman–Crippen MR) is 101 cm³/mol. The Bertz CT molecular complexity index is 1050. The number of aromatic amines is 2. The Labute approximate surface area is 150 Å². The molecule has 26 heavy (non-hydrogen) atoms. The zero-order valence-electron chi connectivity index (χ0n) is 15.0. The van der Waals surface area contributed by atoms with E-state index >= 15 is 0 Å². The van der Waals surface area contributed by atoms with Crippen molar-refractivity contribution in [3.63, 3.8) is 0 Å². The quantitative estimate of drug-likeness (QED) is 0.652. The summed E-state index contributed by atoms with van der Waals surface area (Å²) < 4.78 is 0. The van der Waals surface area contributed by atoms with Crippen LogP contribution in [0.15, 0.2) is 39.9 Å². The van der Waals surface area contributed by atoms with Gasteiger partial charge in [0.2, 0.25) is 5.95 Å². The van der Waals surface area contributed by atoms with E-state index in [1.165, 1.54) is 6.07 Å². The van der Waals surface area contributed by atoms with Crippen molar-refractivity contribution in [2.24, 2.45) is 0 Å². The summed E-state index contributed by atoms with van der Waals surface area (Å²) in [5.74, 6) is 0.945. The predicted octanol–water partition coefficient (Wildman–Crippen LogP) is 1.98. The van der Waals surface area contributed by atoms with Crippen LogP contribution in [-0.2, 0) is 13.0 Å². The maximum absolute atomic E-state index is 12.2. The molecule has 0 aliphatic carbocycles. The van der Waals surface area contributed by atoms with Gasteiger partial charge in [-0.05, 0) is 31.9 Å². The van der Waals surface area contributed by atoms with Gasteiger partial charge in [-0.25, -0.2) is 9.97 Å². The third kappa shape index (κ3) is 4.05. The van der Waals surface area contributed by atoms with Crippen LogP contribution < -0.4 is 16.4 Å². The van der Waals surface area contributed by atoms with Crippen molar-refractivity contribution in [1.29, 1.82) is 0 Å². The smallest absolute Gasteiger partial charge is 0.254 e. The number of aryl methyl sites for hydroxylation is 3. The first-order valence-corrected chi connectivity index (χ1v) is 8.37. The Hall–Kier alpha value is -3.22. The summed E-state index contributed by atoms with van der Waals surface area (Å²) in [5.41, 5.74) is 3.48. The summed E-state index contributed by atoms with van der Waals surface area (Å²) in [6.45, 7) is 6.09. The number of nitrogens with one attached hydrogen (secondary N) is 3. The van der Waals surface area contributed by atoms with E-state index < -0.39 is 0 Å². The van der Waals surface area contributed by atoms with E-state index in [0.29, 0.717) is 35.3 Å². The van der Waals surface area contributed by atoms with Crippen molar-refractivity contribution in [2.45, 2.75) is 33.7 Å². The minimum atomic E-state index is -0.267. The Balaban J connectivity index is 1.83. The lowest BCUT2D eigenvalue weighted by molar-refractivity contribution is 0.903. The average molecular weight is 351 g/mol. The minimum Gasteiger partial charge on any atom is -0.352 e. The van der Waals surface area contributed by atoms with Gasteiger partial charge in [-0.2, -0.15) is 0 Å². The summed E-state index contributed by atoms with van der Waals surface area (Å²) in [6, 6.07) is 9.40. The van der Waals surface area contributed by atoms with Crippen LogP contribution in [0.25, 0.3) is 0 Å². The Morgan fingerprint density at radius 2 is 1.81 bits per heavy atom. The molecule has 134 valence electrons. The molecule has 2 aromatic heterocycles. The van der Waals surface area contributed by atoms with Crippen LogP contribution >= 0.6 is 0 Å². The molecule has 3 N–H and O–H groups in total. The monoisotopic (exact) mass is 351 g/mol. The lowest BCUT2D eigenvalue weighted by Gasteiger charge is -2.10. The van der Waals surface area contributed by atoms with E-state index in [-0.39, 0.29) is 17.5 Å². The second-order valence-corrected chi connectivity index (χ2v) is 6.26. The molecule has 0 aliphatic rings. The number of hydrogen-bond acceptors (Lipinski definition) is 5. The van der Waals surface area contributed by atoms with E-state index in [4.69, 9.17) is 0 Å². The number of anilines is 1. The summed E-state index contributed by atoms with van der Waals surface area (Å²) in [6.07, 6.45) is 0.247. The molecule has 0 fully saturated rings. The summed E-state index contributed by atoms with van der Waals surface area (Å²) in [4.78, 5) is 38.2. The van der Waals surface area contributed by atoms with Crippen molar-refractivity contribution in [3.8, 4) is 0 Å². The molecule has 7 heteroatoms. The molecule has 0 saturated carbocycles. The van der Waals surface area contributed by atoms with E-state index in [2.05, 4.69) is 25.3 Å². The first-order valence-electron chi connectivity index (χ1n) is 8.37. The highest BCUT2D eigenvalue weighted by Gasteiger charge is 2.10. The number of hydrogen-bond donors (Lipinski definition) is 3.